The summed E-state index contributed by atoms with van der Waals surface area (Å²) in [7, 11) is 1.74. The molecule has 0 aliphatic carbocycles. The molecule has 22 heavy (non-hydrogen) atoms. The van der Waals surface area contributed by atoms with Gasteiger partial charge in [-0.1, -0.05) is 37.6 Å². The number of carbonyl (C=O) groups excluding carboxylic acids is 1. The molecule has 0 radical (unpaired) electrons. The zero-order chi connectivity index (χ0) is 16.7. The second-order valence-corrected chi connectivity index (χ2v) is 5.95. The molecule has 2 atom stereocenters. The van der Waals surface area contributed by atoms with E-state index in [0.717, 1.165) is 12.0 Å². The van der Waals surface area contributed by atoms with Crippen molar-refractivity contribution in [1.29, 1.82) is 0 Å². The van der Waals surface area contributed by atoms with Crippen LogP contribution < -0.4 is 5.32 Å². The highest BCUT2D eigenvalue weighted by atomic mass is 35.5. The van der Waals surface area contributed by atoms with Gasteiger partial charge in [0.25, 0.3) is 0 Å². The minimum Gasteiger partial charge on any atom is -0.481 e. The second kappa shape index (κ2) is 8.76. The molecule has 0 aliphatic rings. The zero-order valence-corrected chi connectivity index (χ0v) is 13.9. The number of nitrogens with zero attached hydrogens (tertiary/aromatic N) is 1. The Labute approximate surface area is 136 Å². The van der Waals surface area contributed by atoms with Crippen LogP contribution >= 0.6 is 11.6 Å². The van der Waals surface area contributed by atoms with Crippen LogP contribution in [0.15, 0.2) is 24.3 Å². The molecule has 0 aromatic heterocycles. The number of hydrogen-bond acceptors (Lipinski definition) is 3. The van der Waals surface area contributed by atoms with Crippen LogP contribution in [0.2, 0.25) is 5.02 Å². The maximum Gasteiger partial charge on any atom is 0.307 e. The van der Waals surface area contributed by atoms with Crippen molar-refractivity contribution in [3.05, 3.63) is 34.9 Å². The van der Waals surface area contributed by atoms with E-state index in [0.29, 0.717) is 11.6 Å². The highest BCUT2D eigenvalue weighted by Crippen LogP contribution is 2.19. The standard InChI is InChI=1S/C16H23ClN2O3/c1-4-14(12-5-7-13(17)8-6-12)18-15(20)10-19(3)9-11(2)16(21)22/h5-8,11,14H,4,9-10H2,1-3H3,(H,18,20)(H,21,22). The molecule has 1 aromatic rings. The van der Waals surface area contributed by atoms with E-state index in [-0.39, 0.29) is 18.5 Å². The molecular weight excluding hydrogens is 304 g/mol. The lowest BCUT2D eigenvalue weighted by atomic mass is 10.0. The minimum absolute atomic E-state index is 0.0740. The van der Waals surface area contributed by atoms with Gasteiger partial charge in [0.1, 0.15) is 0 Å². The second-order valence-electron chi connectivity index (χ2n) is 5.52. The quantitative estimate of drug-likeness (QED) is 0.770. The zero-order valence-electron chi connectivity index (χ0n) is 13.2. The van der Waals surface area contributed by atoms with E-state index in [1.54, 1.807) is 31.0 Å². The Balaban J connectivity index is 2.54. The molecule has 1 amide bonds. The smallest absolute Gasteiger partial charge is 0.307 e. The molecule has 5 nitrogen and oxygen atoms in total. The van der Waals surface area contributed by atoms with E-state index >= 15 is 0 Å². The van der Waals surface area contributed by atoms with E-state index in [4.69, 9.17) is 16.7 Å². The largest absolute Gasteiger partial charge is 0.481 e. The number of carboxylic acid groups (broad SMARTS) is 1. The summed E-state index contributed by atoms with van der Waals surface area (Å²) in [6, 6.07) is 7.31. The predicted octanol–water partition coefficient (Wildman–Crippen LogP) is 2.56. The fraction of sp³-hybridized carbons (Fsp3) is 0.500. The van der Waals surface area contributed by atoms with E-state index < -0.39 is 11.9 Å². The summed E-state index contributed by atoms with van der Waals surface area (Å²) in [5, 5.41) is 12.5. The van der Waals surface area contributed by atoms with Gasteiger partial charge in [-0.2, -0.15) is 0 Å². The van der Waals surface area contributed by atoms with Gasteiger partial charge in [0.2, 0.25) is 5.91 Å². The Bertz CT molecular complexity index is 505. The van der Waals surface area contributed by atoms with Crippen molar-refractivity contribution in [2.75, 3.05) is 20.1 Å². The van der Waals surface area contributed by atoms with Gasteiger partial charge in [0, 0.05) is 11.6 Å². The monoisotopic (exact) mass is 326 g/mol. The van der Waals surface area contributed by atoms with Crippen molar-refractivity contribution in [1.82, 2.24) is 10.2 Å². The maximum atomic E-state index is 12.1. The SMILES string of the molecule is CCC(NC(=O)CN(C)CC(C)C(=O)O)c1ccc(Cl)cc1. The Morgan fingerprint density at radius 1 is 1.32 bits per heavy atom. The lowest BCUT2D eigenvalue weighted by Gasteiger charge is -2.22. The molecule has 122 valence electrons. The first-order chi connectivity index (χ1) is 10.3. The van der Waals surface area contributed by atoms with Gasteiger partial charge < -0.3 is 10.4 Å². The number of benzene rings is 1. The molecule has 0 aliphatic heterocycles. The molecule has 1 rings (SSSR count). The van der Waals surface area contributed by atoms with Gasteiger partial charge in [0.15, 0.2) is 0 Å². The Hall–Kier alpha value is -1.59. The number of nitrogens with one attached hydrogen (secondary N) is 1. The summed E-state index contributed by atoms with van der Waals surface area (Å²) in [6.45, 7) is 4.12. The number of likely N-dealkylation sites (N-methyl/N-ethyl adjacent to an activating group) is 1. The lowest BCUT2D eigenvalue weighted by Crippen LogP contribution is -2.39. The van der Waals surface area contributed by atoms with Crippen LogP contribution in [0.25, 0.3) is 0 Å². The van der Waals surface area contributed by atoms with Crippen molar-refractivity contribution in [3.63, 3.8) is 0 Å². The average molecular weight is 327 g/mol. The highest BCUT2D eigenvalue weighted by molar-refractivity contribution is 6.30. The minimum atomic E-state index is -0.861. The first kappa shape index (κ1) is 18.5. The summed E-state index contributed by atoms with van der Waals surface area (Å²) in [4.78, 5) is 24.6. The third-order valence-electron chi connectivity index (χ3n) is 3.44. The predicted molar refractivity (Wildman–Crippen MR) is 86.9 cm³/mol. The molecule has 1 aromatic carbocycles. The average Bonchev–Trinajstić information content (AvgIpc) is 2.45. The number of aliphatic carboxylic acids is 1. The van der Waals surface area contributed by atoms with Gasteiger partial charge in [-0.3, -0.25) is 14.5 Å². The van der Waals surface area contributed by atoms with Crippen LogP contribution in [0.3, 0.4) is 0 Å². The maximum absolute atomic E-state index is 12.1. The van der Waals surface area contributed by atoms with Crippen LogP contribution in [-0.4, -0.2) is 42.0 Å². The summed E-state index contributed by atoms with van der Waals surface area (Å²) >= 11 is 5.87. The van der Waals surface area contributed by atoms with Crippen molar-refractivity contribution >= 4 is 23.5 Å². The molecule has 0 saturated heterocycles. The third kappa shape index (κ3) is 6.03. The molecule has 2 unspecified atom stereocenters. The molecule has 6 heteroatoms. The van der Waals surface area contributed by atoms with Crippen LogP contribution in [0.5, 0.6) is 0 Å². The van der Waals surface area contributed by atoms with E-state index in [1.807, 2.05) is 19.1 Å². The summed E-state index contributed by atoms with van der Waals surface area (Å²) in [5.41, 5.74) is 1.00. The van der Waals surface area contributed by atoms with Gasteiger partial charge in [-0.05, 0) is 31.2 Å². The molecule has 0 fully saturated rings. The van der Waals surface area contributed by atoms with Crippen LogP contribution in [-0.2, 0) is 9.59 Å². The number of halogens is 1. The van der Waals surface area contributed by atoms with E-state index in [9.17, 15) is 9.59 Å². The fourth-order valence-electron chi connectivity index (χ4n) is 2.21. The number of carbonyl (C=O) groups is 2. The third-order valence-corrected chi connectivity index (χ3v) is 3.69. The number of carboxylic acids is 1. The molecule has 0 heterocycles. The first-order valence-corrected chi connectivity index (χ1v) is 7.67. The number of hydrogen-bond donors (Lipinski definition) is 2. The molecular formula is C16H23ClN2O3. The van der Waals surface area contributed by atoms with Crippen LogP contribution in [0.1, 0.15) is 31.9 Å². The van der Waals surface area contributed by atoms with Gasteiger partial charge in [-0.25, -0.2) is 0 Å². The first-order valence-electron chi connectivity index (χ1n) is 7.29. The van der Waals surface area contributed by atoms with Crippen molar-refractivity contribution in [2.24, 2.45) is 5.92 Å². The Morgan fingerprint density at radius 2 is 1.91 bits per heavy atom. The van der Waals surface area contributed by atoms with Gasteiger partial charge >= 0.3 is 5.97 Å². The topological polar surface area (TPSA) is 69.6 Å². The molecule has 2 N–H and O–H groups in total. The Kier molecular flexibility index (Phi) is 7.35. The van der Waals surface area contributed by atoms with Crippen molar-refractivity contribution < 1.29 is 14.7 Å². The highest BCUT2D eigenvalue weighted by Gasteiger charge is 2.17. The van der Waals surface area contributed by atoms with E-state index in [1.165, 1.54) is 0 Å². The lowest BCUT2D eigenvalue weighted by molar-refractivity contribution is -0.142. The number of amides is 1. The Morgan fingerprint density at radius 3 is 2.41 bits per heavy atom. The van der Waals surface area contributed by atoms with Gasteiger partial charge in [0.05, 0.1) is 18.5 Å². The van der Waals surface area contributed by atoms with E-state index in [2.05, 4.69) is 5.32 Å². The summed E-state index contributed by atoms with van der Waals surface area (Å²) in [6.07, 6.45) is 0.766. The summed E-state index contributed by atoms with van der Waals surface area (Å²) in [5.74, 6) is -1.49. The molecule has 0 bridgehead atoms. The normalized spacial score (nSPS) is 13.7. The molecule has 0 saturated carbocycles. The van der Waals surface area contributed by atoms with Crippen LogP contribution in [0, 0.1) is 5.92 Å². The van der Waals surface area contributed by atoms with Crippen molar-refractivity contribution in [2.45, 2.75) is 26.3 Å². The van der Waals surface area contributed by atoms with Crippen LogP contribution in [0.4, 0.5) is 0 Å². The molecule has 0 spiro atoms. The summed E-state index contributed by atoms with van der Waals surface area (Å²) < 4.78 is 0. The van der Waals surface area contributed by atoms with Gasteiger partial charge in [-0.15, -0.1) is 0 Å². The number of rotatable bonds is 8. The van der Waals surface area contributed by atoms with Crippen molar-refractivity contribution in [3.8, 4) is 0 Å². The fourth-order valence-corrected chi connectivity index (χ4v) is 2.34.